The van der Waals surface area contributed by atoms with Gasteiger partial charge in [0, 0.05) is 10.8 Å². The fourth-order valence-electron chi connectivity index (χ4n) is 1.17. The van der Waals surface area contributed by atoms with E-state index >= 15 is 0 Å². The molecule has 0 amide bonds. The lowest BCUT2D eigenvalue weighted by Gasteiger charge is -2.06. The molecule has 0 aliphatic heterocycles. The minimum Gasteiger partial charge on any atom is -0.494 e. The van der Waals surface area contributed by atoms with Gasteiger partial charge in [-0.2, -0.15) is 0 Å². The van der Waals surface area contributed by atoms with Gasteiger partial charge in [0.1, 0.15) is 15.6 Å². The summed E-state index contributed by atoms with van der Waals surface area (Å²) in [5, 5.41) is 0.610. The zero-order valence-electron chi connectivity index (χ0n) is 9.15. The van der Waals surface area contributed by atoms with Crippen molar-refractivity contribution >= 4 is 21.4 Å². The number of hydrogen-bond donors (Lipinski definition) is 0. The van der Waals surface area contributed by atoms with E-state index in [1.807, 2.05) is 0 Å². The van der Waals surface area contributed by atoms with Gasteiger partial charge >= 0.3 is 0 Å². The molecule has 16 heavy (non-hydrogen) atoms. The summed E-state index contributed by atoms with van der Waals surface area (Å²) in [6.07, 6.45) is 0.503. The molecule has 1 aromatic carbocycles. The van der Waals surface area contributed by atoms with Crippen LogP contribution in [0.2, 0.25) is 5.02 Å². The van der Waals surface area contributed by atoms with Crippen molar-refractivity contribution in [2.75, 3.05) is 18.1 Å². The lowest BCUT2D eigenvalue weighted by Crippen LogP contribution is -2.11. The molecule has 0 unspecified atom stereocenters. The van der Waals surface area contributed by atoms with Crippen LogP contribution in [0, 0.1) is 0 Å². The number of hydrogen-bond acceptors (Lipinski definition) is 3. The minimum absolute atomic E-state index is 0.171. The van der Waals surface area contributed by atoms with Crippen molar-refractivity contribution in [2.24, 2.45) is 0 Å². The Labute approximate surface area is 101 Å². The summed E-state index contributed by atoms with van der Waals surface area (Å²) in [5.41, 5.74) is 0. The Hall–Kier alpha value is -0.740. The molecule has 0 atom stereocenters. The van der Waals surface area contributed by atoms with Crippen molar-refractivity contribution in [1.29, 1.82) is 0 Å². The first-order chi connectivity index (χ1) is 7.53. The van der Waals surface area contributed by atoms with Crippen LogP contribution in [0.15, 0.2) is 24.3 Å². The fraction of sp³-hybridized carbons (Fsp3) is 0.455. The molecular formula is C11H15ClO3S. The summed E-state index contributed by atoms with van der Waals surface area (Å²) in [6.45, 7) is 2.03. The number of benzene rings is 1. The second-order valence-corrected chi connectivity index (χ2v) is 6.30. The highest BCUT2D eigenvalue weighted by Crippen LogP contribution is 2.17. The minimum atomic E-state index is -2.89. The van der Waals surface area contributed by atoms with E-state index in [9.17, 15) is 8.42 Å². The Kier molecular flexibility index (Phi) is 5.09. The van der Waals surface area contributed by atoms with Crippen LogP contribution in [0.5, 0.6) is 5.75 Å². The first kappa shape index (κ1) is 13.3. The third-order valence-corrected chi connectivity index (χ3v) is 4.13. The molecule has 0 aromatic heterocycles. The molecule has 1 rings (SSSR count). The standard InChI is InChI=1S/C11H15ClO3S/c1-2-16(13,14)8-4-7-15-11-6-3-5-10(12)9-11/h3,5-6,9H,2,4,7-8H2,1H3. The van der Waals surface area contributed by atoms with E-state index < -0.39 is 9.84 Å². The van der Waals surface area contributed by atoms with E-state index in [1.54, 1.807) is 31.2 Å². The summed E-state index contributed by atoms with van der Waals surface area (Å²) >= 11 is 5.78. The van der Waals surface area contributed by atoms with Gasteiger partial charge in [0.15, 0.2) is 0 Å². The highest BCUT2D eigenvalue weighted by Gasteiger charge is 2.06. The Morgan fingerprint density at radius 1 is 1.38 bits per heavy atom. The molecule has 0 heterocycles. The molecule has 3 nitrogen and oxygen atoms in total. The van der Waals surface area contributed by atoms with Crippen LogP contribution in [0.4, 0.5) is 0 Å². The number of ether oxygens (including phenoxy) is 1. The van der Waals surface area contributed by atoms with Gasteiger partial charge in [0.05, 0.1) is 12.4 Å². The molecule has 0 bridgehead atoms. The average molecular weight is 263 g/mol. The maximum atomic E-state index is 11.2. The molecule has 90 valence electrons. The Morgan fingerprint density at radius 3 is 2.75 bits per heavy atom. The van der Waals surface area contributed by atoms with Crippen LogP contribution in [0.3, 0.4) is 0 Å². The lowest BCUT2D eigenvalue weighted by molar-refractivity contribution is 0.317. The van der Waals surface area contributed by atoms with Crippen molar-refractivity contribution in [3.05, 3.63) is 29.3 Å². The molecule has 0 spiro atoms. The maximum absolute atomic E-state index is 11.2. The van der Waals surface area contributed by atoms with Gasteiger partial charge in [-0.05, 0) is 24.6 Å². The number of rotatable bonds is 6. The van der Waals surface area contributed by atoms with Crippen LogP contribution in [0.25, 0.3) is 0 Å². The number of halogens is 1. The Morgan fingerprint density at radius 2 is 2.12 bits per heavy atom. The largest absolute Gasteiger partial charge is 0.494 e. The monoisotopic (exact) mass is 262 g/mol. The smallest absolute Gasteiger partial charge is 0.150 e. The molecule has 0 aliphatic rings. The average Bonchev–Trinajstić information content (AvgIpc) is 2.25. The topological polar surface area (TPSA) is 43.4 Å². The second kappa shape index (κ2) is 6.11. The fourth-order valence-corrected chi connectivity index (χ4v) is 2.20. The van der Waals surface area contributed by atoms with Gasteiger partial charge in [-0.1, -0.05) is 24.6 Å². The van der Waals surface area contributed by atoms with Gasteiger partial charge in [-0.15, -0.1) is 0 Å². The zero-order valence-corrected chi connectivity index (χ0v) is 10.7. The summed E-state index contributed by atoms with van der Waals surface area (Å²) in [5.74, 6) is 1.02. The molecular weight excluding hydrogens is 248 g/mol. The van der Waals surface area contributed by atoms with Crippen molar-refractivity contribution in [3.8, 4) is 5.75 Å². The SMILES string of the molecule is CCS(=O)(=O)CCCOc1cccc(Cl)c1. The van der Waals surface area contributed by atoms with E-state index in [4.69, 9.17) is 16.3 Å². The zero-order chi connectivity index (χ0) is 12.0. The van der Waals surface area contributed by atoms with Crippen molar-refractivity contribution < 1.29 is 13.2 Å². The normalized spacial score (nSPS) is 11.4. The highest BCUT2D eigenvalue weighted by atomic mass is 35.5. The highest BCUT2D eigenvalue weighted by molar-refractivity contribution is 7.91. The first-order valence-electron chi connectivity index (χ1n) is 5.12. The van der Waals surface area contributed by atoms with Gasteiger partial charge in [-0.3, -0.25) is 0 Å². The second-order valence-electron chi connectivity index (χ2n) is 3.40. The lowest BCUT2D eigenvalue weighted by atomic mass is 10.3. The van der Waals surface area contributed by atoms with Crippen LogP contribution < -0.4 is 4.74 Å². The quantitative estimate of drug-likeness (QED) is 0.740. The Bertz CT molecular complexity index is 429. The van der Waals surface area contributed by atoms with Gasteiger partial charge in [0.25, 0.3) is 0 Å². The molecule has 0 fully saturated rings. The van der Waals surface area contributed by atoms with Crippen LogP contribution in [0.1, 0.15) is 13.3 Å². The van der Waals surface area contributed by atoms with Crippen molar-refractivity contribution in [1.82, 2.24) is 0 Å². The van der Waals surface area contributed by atoms with Gasteiger partial charge in [0.2, 0.25) is 0 Å². The van der Waals surface area contributed by atoms with E-state index in [-0.39, 0.29) is 11.5 Å². The predicted molar refractivity (Wildman–Crippen MR) is 65.9 cm³/mol. The summed E-state index contributed by atoms with van der Waals surface area (Å²) in [4.78, 5) is 0. The van der Waals surface area contributed by atoms with E-state index in [0.717, 1.165) is 0 Å². The van der Waals surface area contributed by atoms with Crippen LogP contribution >= 0.6 is 11.6 Å². The van der Waals surface area contributed by atoms with E-state index in [2.05, 4.69) is 0 Å². The van der Waals surface area contributed by atoms with E-state index in [1.165, 1.54) is 0 Å². The number of sulfone groups is 1. The molecule has 0 saturated carbocycles. The third-order valence-electron chi connectivity index (χ3n) is 2.10. The van der Waals surface area contributed by atoms with Crippen LogP contribution in [-0.4, -0.2) is 26.5 Å². The maximum Gasteiger partial charge on any atom is 0.150 e. The molecule has 0 radical (unpaired) electrons. The van der Waals surface area contributed by atoms with Crippen LogP contribution in [-0.2, 0) is 9.84 Å². The molecule has 1 aromatic rings. The van der Waals surface area contributed by atoms with Gasteiger partial charge in [-0.25, -0.2) is 8.42 Å². The summed E-state index contributed by atoms with van der Waals surface area (Å²) in [6, 6.07) is 7.05. The summed E-state index contributed by atoms with van der Waals surface area (Å²) < 4.78 is 27.8. The van der Waals surface area contributed by atoms with Crippen molar-refractivity contribution in [2.45, 2.75) is 13.3 Å². The molecule has 5 heteroatoms. The molecule has 0 aliphatic carbocycles. The third kappa shape index (κ3) is 4.86. The molecule has 0 N–H and O–H groups in total. The Balaban J connectivity index is 2.32. The summed E-state index contributed by atoms with van der Waals surface area (Å²) in [7, 11) is -2.89. The van der Waals surface area contributed by atoms with E-state index in [0.29, 0.717) is 23.8 Å². The molecule has 0 saturated heterocycles. The van der Waals surface area contributed by atoms with Crippen molar-refractivity contribution in [3.63, 3.8) is 0 Å². The van der Waals surface area contributed by atoms with Gasteiger partial charge < -0.3 is 4.74 Å². The predicted octanol–water partition coefficient (Wildman–Crippen LogP) is 2.54. The first-order valence-corrected chi connectivity index (χ1v) is 7.32.